The summed E-state index contributed by atoms with van der Waals surface area (Å²) < 4.78 is 5.15. The summed E-state index contributed by atoms with van der Waals surface area (Å²) >= 11 is 0. The van der Waals surface area contributed by atoms with Crippen molar-refractivity contribution < 1.29 is 14.3 Å². The summed E-state index contributed by atoms with van der Waals surface area (Å²) in [6.45, 7) is -0.419. The number of fused-ring (bicyclic) bond motifs is 3. The minimum absolute atomic E-state index is 0.154. The van der Waals surface area contributed by atoms with Crippen LogP contribution in [0.2, 0.25) is 0 Å². The first-order valence-corrected chi connectivity index (χ1v) is 10.3. The molecule has 3 aromatic carbocycles. The predicted octanol–water partition coefficient (Wildman–Crippen LogP) is 4.66. The molecule has 0 aliphatic heterocycles. The Morgan fingerprint density at radius 2 is 1.72 bits per heavy atom. The number of anilines is 1. The Balaban J connectivity index is 1.44. The number of carbonyl (C=O) groups excluding carboxylic acids is 2. The number of nitrogens with zero attached hydrogens (tertiary/aromatic N) is 2. The van der Waals surface area contributed by atoms with Crippen molar-refractivity contribution in [2.45, 2.75) is 6.42 Å². The van der Waals surface area contributed by atoms with Gasteiger partial charge in [-0.25, -0.2) is 4.79 Å². The number of hydrogen-bond acceptors (Lipinski definition) is 5. The molecule has 0 aromatic heterocycles. The normalized spacial score (nSPS) is 11.8. The van der Waals surface area contributed by atoms with Gasteiger partial charge in [-0.1, -0.05) is 48.5 Å². The van der Waals surface area contributed by atoms with Crippen LogP contribution in [0.1, 0.15) is 27.0 Å². The third-order valence-corrected chi connectivity index (χ3v) is 5.52. The van der Waals surface area contributed by atoms with E-state index in [4.69, 9.17) is 4.74 Å². The van der Waals surface area contributed by atoms with Crippen molar-refractivity contribution in [2.24, 2.45) is 0 Å². The molecular weight excluding hydrogens is 400 g/mol. The summed E-state index contributed by atoms with van der Waals surface area (Å²) in [4.78, 5) is 27.0. The molecule has 0 saturated heterocycles. The monoisotopic (exact) mass is 422 g/mol. The van der Waals surface area contributed by atoms with Gasteiger partial charge in [0.25, 0.3) is 0 Å². The molecular formula is C27H22N2O3. The van der Waals surface area contributed by atoms with Crippen molar-refractivity contribution in [1.82, 2.24) is 0 Å². The molecule has 0 N–H and O–H groups in total. The summed E-state index contributed by atoms with van der Waals surface area (Å²) in [5.41, 5.74) is 6.61. The zero-order valence-corrected chi connectivity index (χ0v) is 18.0. The van der Waals surface area contributed by atoms with E-state index in [1.165, 1.54) is 17.2 Å². The highest BCUT2D eigenvalue weighted by Gasteiger charge is 2.20. The molecule has 4 rings (SSSR count). The third-order valence-electron chi connectivity index (χ3n) is 5.52. The van der Waals surface area contributed by atoms with Crippen LogP contribution in [0.3, 0.4) is 0 Å². The minimum atomic E-state index is -0.816. The second-order valence-corrected chi connectivity index (χ2v) is 7.86. The number of benzene rings is 3. The van der Waals surface area contributed by atoms with Gasteiger partial charge >= 0.3 is 5.97 Å². The molecule has 0 unspecified atom stereocenters. The van der Waals surface area contributed by atoms with Crippen LogP contribution < -0.4 is 4.90 Å². The van der Waals surface area contributed by atoms with Crippen molar-refractivity contribution in [3.05, 3.63) is 94.6 Å². The zero-order chi connectivity index (χ0) is 22.7. The van der Waals surface area contributed by atoms with Crippen LogP contribution in [0.4, 0.5) is 5.69 Å². The Morgan fingerprint density at radius 3 is 2.44 bits per heavy atom. The average molecular weight is 422 g/mol. The first-order valence-electron chi connectivity index (χ1n) is 10.3. The maximum absolute atomic E-state index is 12.6. The molecule has 0 saturated carbocycles. The van der Waals surface area contributed by atoms with Gasteiger partial charge in [-0.15, -0.1) is 0 Å². The minimum Gasteiger partial charge on any atom is -0.453 e. The lowest BCUT2D eigenvalue weighted by molar-refractivity contribution is -0.137. The van der Waals surface area contributed by atoms with Crippen LogP contribution >= 0.6 is 0 Å². The van der Waals surface area contributed by atoms with Gasteiger partial charge < -0.3 is 9.64 Å². The summed E-state index contributed by atoms with van der Waals surface area (Å²) in [7, 11) is 3.86. The van der Waals surface area contributed by atoms with Crippen LogP contribution in [0.5, 0.6) is 0 Å². The molecule has 5 heteroatoms. The predicted molar refractivity (Wildman–Crippen MR) is 124 cm³/mol. The van der Waals surface area contributed by atoms with Crippen molar-refractivity contribution >= 4 is 23.5 Å². The molecule has 1 aliphatic carbocycles. The van der Waals surface area contributed by atoms with Crippen molar-refractivity contribution in [3.63, 3.8) is 0 Å². The third kappa shape index (κ3) is 4.30. The standard InChI is InChI=1S/C27H22N2O3/c1-29(2)23-11-7-18(8-12-23)13-22(16-28)27(31)32-17-26(30)21-10-9-20-14-19-5-3-4-6-24(19)25(20)15-21/h3-13,15H,14,17H2,1-2H3/b22-13-. The molecule has 0 atom stereocenters. The van der Waals surface area contributed by atoms with Gasteiger partial charge in [-0.2, -0.15) is 5.26 Å². The van der Waals surface area contributed by atoms with Crippen LogP contribution in [0, 0.1) is 11.3 Å². The van der Waals surface area contributed by atoms with Gasteiger partial charge in [0, 0.05) is 25.3 Å². The molecule has 158 valence electrons. The van der Waals surface area contributed by atoms with E-state index in [2.05, 4.69) is 6.07 Å². The molecule has 0 spiro atoms. The Morgan fingerprint density at radius 1 is 1.00 bits per heavy atom. The maximum atomic E-state index is 12.6. The highest BCUT2D eigenvalue weighted by atomic mass is 16.5. The Kier molecular flexibility index (Phi) is 5.87. The van der Waals surface area contributed by atoms with Gasteiger partial charge in [0.05, 0.1) is 0 Å². The molecule has 3 aromatic rings. The van der Waals surface area contributed by atoms with Crippen LogP contribution in [0.15, 0.2) is 72.3 Å². The second-order valence-electron chi connectivity index (χ2n) is 7.86. The van der Waals surface area contributed by atoms with Crippen molar-refractivity contribution in [2.75, 3.05) is 25.6 Å². The van der Waals surface area contributed by atoms with E-state index in [0.717, 1.165) is 23.2 Å². The number of rotatable bonds is 6. The zero-order valence-electron chi connectivity index (χ0n) is 18.0. The Bertz CT molecular complexity index is 1260. The largest absolute Gasteiger partial charge is 0.453 e. The molecule has 32 heavy (non-hydrogen) atoms. The SMILES string of the molecule is CN(C)c1ccc(/C=C(/C#N)C(=O)OCC(=O)c2ccc3c(c2)-c2ccccc2C3)cc1. The van der Waals surface area contributed by atoms with Crippen LogP contribution in [0.25, 0.3) is 17.2 Å². The number of carbonyl (C=O) groups is 2. The molecule has 0 heterocycles. The molecule has 5 nitrogen and oxygen atoms in total. The fourth-order valence-electron chi connectivity index (χ4n) is 3.76. The van der Waals surface area contributed by atoms with E-state index in [9.17, 15) is 14.9 Å². The van der Waals surface area contributed by atoms with Crippen LogP contribution in [-0.4, -0.2) is 32.5 Å². The van der Waals surface area contributed by atoms with Gasteiger partial charge in [0.2, 0.25) is 0 Å². The first-order chi connectivity index (χ1) is 15.5. The summed E-state index contributed by atoms with van der Waals surface area (Å²) in [5.74, 6) is -1.12. The number of nitriles is 1. The van der Waals surface area contributed by atoms with E-state index in [1.54, 1.807) is 6.07 Å². The van der Waals surface area contributed by atoms with Gasteiger partial charge in [-0.05, 0) is 58.5 Å². The second kappa shape index (κ2) is 8.91. The van der Waals surface area contributed by atoms with E-state index in [0.29, 0.717) is 11.1 Å². The molecule has 1 aliphatic rings. The van der Waals surface area contributed by atoms with E-state index >= 15 is 0 Å². The lowest BCUT2D eigenvalue weighted by atomic mass is 10.0. The first kappa shape index (κ1) is 21.1. The number of ether oxygens (including phenoxy) is 1. The van der Waals surface area contributed by atoms with E-state index in [1.807, 2.05) is 79.7 Å². The smallest absolute Gasteiger partial charge is 0.349 e. The average Bonchev–Trinajstić information content (AvgIpc) is 3.19. The van der Waals surface area contributed by atoms with E-state index in [-0.39, 0.29) is 11.4 Å². The lowest BCUT2D eigenvalue weighted by Gasteiger charge is -2.11. The number of esters is 1. The van der Waals surface area contributed by atoms with Crippen molar-refractivity contribution in [3.8, 4) is 17.2 Å². The Hall–Kier alpha value is -4.17. The van der Waals surface area contributed by atoms with Gasteiger partial charge in [-0.3, -0.25) is 4.79 Å². The lowest BCUT2D eigenvalue weighted by Crippen LogP contribution is -2.15. The number of ketones is 1. The summed E-state index contributed by atoms with van der Waals surface area (Å²) in [6.07, 6.45) is 2.30. The van der Waals surface area contributed by atoms with Crippen molar-refractivity contribution in [1.29, 1.82) is 5.26 Å². The molecule has 0 radical (unpaired) electrons. The van der Waals surface area contributed by atoms with Gasteiger partial charge in [0.1, 0.15) is 11.6 Å². The fraction of sp³-hybridized carbons (Fsp3) is 0.148. The highest BCUT2D eigenvalue weighted by Crippen LogP contribution is 2.36. The van der Waals surface area contributed by atoms with Gasteiger partial charge in [0.15, 0.2) is 12.4 Å². The van der Waals surface area contributed by atoms with Crippen LogP contribution in [-0.2, 0) is 16.0 Å². The summed E-state index contributed by atoms with van der Waals surface area (Å²) in [6, 6.07) is 22.9. The maximum Gasteiger partial charge on any atom is 0.349 e. The molecule has 0 fully saturated rings. The molecule has 0 bridgehead atoms. The number of Topliss-reactive ketones (excluding diaryl/α,β-unsaturated/α-hetero) is 1. The summed E-state index contributed by atoms with van der Waals surface area (Å²) in [5, 5.41) is 9.37. The fourth-order valence-corrected chi connectivity index (χ4v) is 3.76. The molecule has 0 amide bonds. The Labute approximate surface area is 187 Å². The quantitative estimate of drug-likeness (QED) is 0.196. The number of hydrogen-bond donors (Lipinski definition) is 0. The van der Waals surface area contributed by atoms with E-state index < -0.39 is 12.6 Å². The topological polar surface area (TPSA) is 70.4 Å². The highest BCUT2D eigenvalue weighted by molar-refractivity contribution is 6.02.